The Morgan fingerprint density at radius 2 is 2.25 bits per heavy atom. The molecule has 0 rings (SSSR count). The molecular weight excluding hydrogens is 48.0 g/mol. The third kappa shape index (κ3) is 0. The zero-order valence-electron chi connectivity index (χ0n) is 4.99. The fourth-order valence-electron chi connectivity index (χ4n) is 0. The SMILES string of the molecule is [2H]CC(C)C[2H]. The lowest BCUT2D eigenvalue weighted by Crippen LogP contribution is -1.66. The Balaban J connectivity index is 2.75. The minimum atomic E-state index is 0.269. The number of hydrogen-bond donors (Lipinski definition) is 0. The second-order valence-corrected chi connectivity index (χ2v) is 1.11. The summed E-state index contributed by atoms with van der Waals surface area (Å²) < 4.78 is 13.4. The molecule has 0 aliphatic carbocycles. The van der Waals surface area contributed by atoms with Crippen molar-refractivity contribution >= 4 is 0 Å². The van der Waals surface area contributed by atoms with Gasteiger partial charge in [-0.05, 0) is 5.92 Å². The van der Waals surface area contributed by atoms with E-state index in [-0.39, 0.29) is 5.92 Å². The van der Waals surface area contributed by atoms with Gasteiger partial charge in [-0.1, -0.05) is 20.7 Å². The van der Waals surface area contributed by atoms with E-state index in [0.717, 1.165) is 0 Å². The van der Waals surface area contributed by atoms with Gasteiger partial charge in [0.2, 0.25) is 0 Å². The molecule has 0 unspecified atom stereocenters. The number of rotatable bonds is 0. The zero-order valence-corrected chi connectivity index (χ0v) is 2.99. The van der Waals surface area contributed by atoms with Crippen LogP contribution in [0.3, 0.4) is 0 Å². The Kier molecular flexibility index (Phi) is 0.480. The largest absolute Gasteiger partial charge is 0.0630 e. The molecule has 0 saturated heterocycles. The van der Waals surface area contributed by atoms with Gasteiger partial charge in [0.05, 0.1) is 0 Å². The van der Waals surface area contributed by atoms with Crippen LogP contribution in [0.5, 0.6) is 0 Å². The van der Waals surface area contributed by atoms with Crippen molar-refractivity contribution in [2.24, 2.45) is 5.92 Å². The molecule has 0 aromatic rings. The molecule has 26 valence electrons. The van der Waals surface area contributed by atoms with Gasteiger partial charge in [-0.25, -0.2) is 0 Å². The predicted octanol–water partition coefficient (Wildman–Crippen LogP) is 1.66. The Hall–Kier alpha value is 0. The first-order valence-corrected chi connectivity index (χ1v) is 1.39. The van der Waals surface area contributed by atoms with Crippen molar-refractivity contribution in [2.45, 2.75) is 20.7 Å². The van der Waals surface area contributed by atoms with Crippen LogP contribution in [0.25, 0.3) is 0 Å². The van der Waals surface area contributed by atoms with Crippen LogP contribution in [0.1, 0.15) is 23.5 Å². The van der Waals surface area contributed by atoms with Crippen LogP contribution in [-0.2, 0) is 0 Å². The van der Waals surface area contributed by atoms with Crippen molar-refractivity contribution in [3.05, 3.63) is 0 Å². The van der Waals surface area contributed by atoms with Gasteiger partial charge in [0, 0.05) is 2.74 Å². The van der Waals surface area contributed by atoms with Crippen molar-refractivity contribution in [1.29, 1.82) is 0 Å². The van der Waals surface area contributed by atoms with Gasteiger partial charge in [-0.2, -0.15) is 0 Å². The maximum Gasteiger partial charge on any atom is 0.0233 e. The molecule has 0 aliphatic rings. The summed E-state index contributed by atoms with van der Waals surface area (Å²) in [6.45, 7) is 2.69. The predicted molar refractivity (Wildman–Crippen MR) is 20.5 cm³/mol. The minimum Gasteiger partial charge on any atom is -0.0630 e. The third-order valence-corrected chi connectivity index (χ3v) is 0. The van der Waals surface area contributed by atoms with Gasteiger partial charge in [0.15, 0.2) is 0 Å². The van der Waals surface area contributed by atoms with Crippen LogP contribution < -0.4 is 0 Å². The molecule has 0 N–H and O–H groups in total. The van der Waals surface area contributed by atoms with Gasteiger partial charge in [-0.15, -0.1) is 0 Å². The van der Waals surface area contributed by atoms with Crippen molar-refractivity contribution in [3.8, 4) is 0 Å². The molecule has 0 atom stereocenters. The first-order chi connectivity index (χ1) is 2.81. The molecule has 0 aromatic carbocycles. The molecule has 0 heterocycles. The summed E-state index contributed by atoms with van der Waals surface area (Å²) in [4.78, 5) is 0. The number of hydrogen-bond acceptors (Lipinski definition) is 0. The van der Waals surface area contributed by atoms with Crippen molar-refractivity contribution in [3.63, 3.8) is 0 Å². The van der Waals surface area contributed by atoms with Gasteiger partial charge in [0.1, 0.15) is 0 Å². The molecule has 4 heavy (non-hydrogen) atoms. The van der Waals surface area contributed by atoms with Crippen LogP contribution in [0.2, 0.25) is 0 Å². The molecule has 0 spiro atoms. The molecule has 0 aliphatic heterocycles. The quantitative estimate of drug-likeness (QED) is 0.399. The molecule has 0 bridgehead atoms. The first-order valence-electron chi connectivity index (χ1n) is 2.81. The molecule has 0 amide bonds. The van der Waals surface area contributed by atoms with E-state index in [1.807, 2.05) is 6.92 Å². The second-order valence-electron chi connectivity index (χ2n) is 1.11. The van der Waals surface area contributed by atoms with E-state index >= 15 is 0 Å². The van der Waals surface area contributed by atoms with E-state index in [2.05, 4.69) is 0 Å². The highest BCUT2D eigenvalue weighted by Crippen LogP contribution is 1.81. The van der Waals surface area contributed by atoms with Crippen LogP contribution in [-0.4, -0.2) is 0 Å². The van der Waals surface area contributed by atoms with Crippen LogP contribution >= 0.6 is 0 Å². The second kappa shape index (κ2) is 1.33. The molecule has 0 heteroatoms. The van der Waals surface area contributed by atoms with Gasteiger partial charge >= 0.3 is 0 Å². The molecule has 0 aromatic heterocycles. The van der Waals surface area contributed by atoms with Gasteiger partial charge < -0.3 is 0 Å². The van der Waals surface area contributed by atoms with Crippen LogP contribution in [0.15, 0.2) is 0 Å². The van der Waals surface area contributed by atoms with E-state index < -0.39 is 0 Å². The lowest BCUT2D eigenvalue weighted by atomic mass is 10.3. The van der Waals surface area contributed by atoms with E-state index in [9.17, 15) is 0 Å². The molecule has 0 radical (unpaired) electrons. The van der Waals surface area contributed by atoms with Crippen LogP contribution in [0, 0.1) is 5.92 Å². The van der Waals surface area contributed by atoms with E-state index in [1.165, 1.54) is 0 Å². The summed E-state index contributed by atoms with van der Waals surface area (Å²) in [6.07, 6.45) is 0. The van der Waals surface area contributed by atoms with E-state index in [1.54, 1.807) is 0 Å². The van der Waals surface area contributed by atoms with Gasteiger partial charge in [-0.3, -0.25) is 0 Å². The average molecular weight is 60.1 g/mol. The lowest BCUT2D eigenvalue weighted by molar-refractivity contribution is 0.737. The monoisotopic (exact) mass is 60.1 g/mol. The highest BCUT2D eigenvalue weighted by atomic mass is 13.7. The standard InChI is InChI=1S/C4H10/c1-4(2)3/h4H,1-3H3/i1D,2D. The molecule has 0 nitrogen and oxygen atoms in total. The molecule has 0 saturated carbocycles. The normalized spacial score (nSPS) is 15.5. The van der Waals surface area contributed by atoms with E-state index in [0.29, 0.717) is 13.8 Å². The topological polar surface area (TPSA) is 0 Å². The summed E-state index contributed by atoms with van der Waals surface area (Å²) in [5.74, 6) is 0.269. The summed E-state index contributed by atoms with van der Waals surface area (Å²) in [5, 5.41) is 0. The maximum absolute atomic E-state index is 6.69. The first kappa shape index (κ1) is 1.44. The summed E-state index contributed by atoms with van der Waals surface area (Å²) in [6, 6.07) is 0. The molecule has 0 fully saturated rings. The smallest absolute Gasteiger partial charge is 0.0233 e. The fraction of sp³-hybridized carbons (Fsp3) is 1.00. The highest BCUT2D eigenvalue weighted by molar-refractivity contribution is 4.20. The van der Waals surface area contributed by atoms with E-state index in [4.69, 9.17) is 2.74 Å². The van der Waals surface area contributed by atoms with Crippen LogP contribution in [0.4, 0.5) is 0 Å². The Labute approximate surface area is 30.6 Å². The van der Waals surface area contributed by atoms with Crippen molar-refractivity contribution in [2.75, 3.05) is 0 Å². The van der Waals surface area contributed by atoms with Crippen molar-refractivity contribution < 1.29 is 2.74 Å². The van der Waals surface area contributed by atoms with Crippen molar-refractivity contribution in [1.82, 2.24) is 0 Å². The summed E-state index contributed by atoms with van der Waals surface area (Å²) >= 11 is 0. The molecular formula is C4H10. The Bertz CT molecular complexity index is 24.7. The Morgan fingerprint density at radius 1 is 1.75 bits per heavy atom. The highest BCUT2D eigenvalue weighted by Gasteiger charge is 1.68. The summed E-state index contributed by atoms with van der Waals surface area (Å²) in [5.41, 5.74) is 0. The Morgan fingerprint density at radius 3 is 2.25 bits per heavy atom. The van der Waals surface area contributed by atoms with Gasteiger partial charge in [0.25, 0.3) is 0 Å². The third-order valence-electron chi connectivity index (χ3n) is 0. The maximum atomic E-state index is 6.69. The lowest BCUT2D eigenvalue weighted by Gasteiger charge is -1.79. The summed E-state index contributed by atoms with van der Waals surface area (Å²) in [7, 11) is 0. The average Bonchev–Trinajstić information content (AvgIpc) is 1.65. The zero-order chi connectivity index (χ0) is 4.99. The fourth-order valence-corrected chi connectivity index (χ4v) is 0. The minimum absolute atomic E-state index is 0.269.